The van der Waals surface area contributed by atoms with Gasteiger partial charge >= 0.3 is 0 Å². The first-order chi connectivity index (χ1) is 34.5. The number of hydrogen-bond donors (Lipinski definition) is 2. The van der Waals surface area contributed by atoms with Crippen molar-refractivity contribution in [2.75, 3.05) is 0 Å². The summed E-state index contributed by atoms with van der Waals surface area (Å²) in [6.07, 6.45) is 21.8. The molecule has 11 rings (SSSR count). The van der Waals surface area contributed by atoms with Crippen LogP contribution >= 0.6 is 0 Å². The lowest BCUT2D eigenvalue weighted by Crippen LogP contribution is -2.12. The molecule has 334 valence electrons. The van der Waals surface area contributed by atoms with Crippen LogP contribution in [0.3, 0.4) is 0 Å². The third-order valence-corrected chi connectivity index (χ3v) is 12.5. The summed E-state index contributed by atoms with van der Waals surface area (Å²) < 4.78 is 9.40. The van der Waals surface area contributed by atoms with Crippen molar-refractivity contribution < 1.29 is 4.42 Å². The van der Waals surface area contributed by atoms with E-state index in [0.29, 0.717) is 18.8 Å². The molecule has 9 heteroatoms. The molecule has 0 aliphatic carbocycles. The second-order valence-corrected chi connectivity index (χ2v) is 16.9. The van der Waals surface area contributed by atoms with E-state index in [1.807, 2.05) is 98.4 Å². The molecule has 0 amide bonds. The van der Waals surface area contributed by atoms with E-state index in [2.05, 4.69) is 116 Å². The molecular formula is C61H44N8O. The number of nitrogens with zero attached hydrogens (tertiary/aromatic N) is 6. The zero-order chi connectivity index (χ0) is 47.4. The highest BCUT2D eigenvalue weighted by Gasteiger charge is 2.22. The number of furan rings is 1. The van der Waals surface area contributed by atoms with Crippen LogP contribution in [0.2, 0.25) is 0 Å². The largest absolute Gasteiger partial charge is 0.455 e. The molecule has 9 nitrogen and oxygen atoms in total. The van der Waals surface area contributed by atoms with Crippen LogP contribution in [0.15, 0.2) is 204 Å². The summed E-state index contributed by atoms with van der Waals surface area (Å²) in [6, 6.07) is 52.2. The standard InChI is InChI=1S/C61H44N8O/c1-3-4-26-63-36-40(2)49-32-47(45-17-11-27-64-38-45)33-53-54-35-48(34-50(60(54)70-59(49)53)46-18-12-28-65-39-46)69-57-21-19-41(37-67-55(23-25-62)42-13-7-5-8-14-42)30-51(57)52-31-44(20-22-58(52)69)61-66-29-24-56(68-61)43-15-9-6-10-16-43/h1,5-36,38-39,62,67H,4,37H2,2H3/b40-36+,55-23-,62-25?,63-26?. The normalized spacial score (nSPS) is 12.1. The summed E-state index contributed by atoms with van der Waals surface area (Å²) in [5.41, 5.74) is 15.9. The fourth-order valence-corrected chi connectivity index (χ4v) is 9.18. The molecule has 5 heterocycles. The average molecular weight is 905 g/mol. The van der Waals surface area contributed by atoms with E-state index >= 15 is 0 Å². The lowest BCUT2D eigenvalue weighted by Gasteiger charge is -2.13. The SMILES string of the molecule is C#CCC=N/C=C(\C)c1cc(-c2cccnc2)cc2c1oc1c(-c3cccnc3)cc(-n3c4ccc(CN/C(=C\C=N)c5ccccc5)cc4c4cc(-c5nccc(-c6ccccc6)n5)ccc43)cc12. The quantitative estimate of drug-likeness (QED) is 0.0879. The van der Waals surface area contributed by atoms with E-state index in [1.54, 1.807) is 24.7 Å². The fourth-order valence-electron chi connectivity index (χ4n) is 9.18. The molecule has 2 N–H and O–H groups in total. The number of allylic oxidation sites excluding steroid dienone is 2. The number of hydrogen-bond acceptors (Lipinski definition) is 8. The lowest BCUT2D eigenvalue weighted by molar-refractivity contribution is 0.668. The number of fused-ring (bicyclic) bond motifs is 6. The van der Waals surface area contributed by atoms with Crippen LogP contribution in [0.1, 0.15) is 30.0 Å². The minimum atomic E-state index is 0.437. The molecule has 0 saturated carbocycles. The summed E-state index contributed by atoms with van der Waals surface area (Å²) in [7, 11) is 0. The number of pyridine rings is 2. The minimum absolute atomic E-state index is 0.437. The number of terminal acetylenes is 1. The predicted octanol–water partition coefficient (Wildman–Crippen LogP) is 14.2. The maximum Gasteiger partial charge on any atom is 0.159 e. The number of benzene rings is 6. The molecule has 0 fully saturated rings. The molecule has 0 aliphatic heterocycles. The minimum Gasteiger partial charge on any atom is -0.455 e. The summed E-state index contributed by atoms with van der Waals surface area (Å²) in [4.78, 5) is 23.4. The van der Waals surface area contributed by atoms with Crippen molar-refractivity contribution in [1.29, 1.82) is 5.41 Å². The first kappa shape index (κ1) is 43.1. The van der Waals surface area contributed by atoms with Crippen molar-refractivity contribution in [3.63, 3.8) is 0 Å². The van der Waals surface area contributed by atoms with E-state index in [-0.39, 0.29) is 0 Å². The first-order valence-electron chi connectivity index (χ1n) is 23.0. The van der Waals surface area contributed by atoms with Crippen molar-refractivity contribution in [1.82, 2.24) is 29.8 Å². The van der Waals surface area contributed by atoms with Gasteiger partial charge in [-0.15, -0.1) is 12.3 Å². The number of nitrogens with one attached hydrogen (secondary N) is 2. The van der Waals surface area contributed by atoms with Gasteiger partial charge in [0.15, 0.2) is 5.82 Å². The number of aliphatic imine (C=N–C) groups is 1. The van der Waals surface area contributed by atoms with Crippen LogP contribution in [-0.2, 0) is 6.54 Å². The van der Waals surface area contributed by atoms with Crippen molar-refractivity contribution in [2.24, 2.45) is 4.99 Å². The highest BCUT2D eigenvalue weighted by atomic mass is 16.3. The highest BCUT2D eigenvalue weighted by Crippen LogP contribution is 2.44. The Labute approximate surface area is 404 Å². The Morgan fingerprint density at radius 1 is 0.700 bits per heavy atom. The van der Waals surface area contributed by atoms with Crippen LogP contribution in [0.4, 0.5) is 0 Å². The van der Waals surface area contributed by atoms with Gasteiger partial charge in [0, 0.05) is 129 Å². The maximum atomic E-state index is 7.89. The molecule has 5 aromatic heterocycles. The van der Waals surface area contributed by atoms with E-state index in [1.165, 1.54) is 6.21 Å². The summed E-state index contributed by atoms with van der Waals surface area (Å²) in [6.45, 7) is 2.59. The number of aromatic nitrogens is 5. The van der Waals surface area contributed by atoms with Crippen LogP contribution in [0.25, 0.3) is 106 Å². The van der Waals surface area contributed by atoms with E-state index < -0.39 is 0 Å². The molecule has 0 unspecified atom stereocenters. The fraction of sp³-hybridized carbons (Fsp3) is 0.0492. The Morgan fingerprint density at radius 2 is 1.41 bits per heavy atom. The van der Waals surface area contributed by atoms with Gasteiger partial charge in [-0.05, 0) is 108 Å². The van der Waals surface area contributed by atoms with Crippen LogP contribution in [-0.4, -0.2) is 36.9 Å². The second kappa shape index (κ2) is 19.0. The smallest absolute Gasteiger partial charge is 0.159 e. The zero-order valence-corrected chi connectivity index (χ0v) is 38.2. The maximum absolute atomic E-state index is 7.89. The molecule has 0 aliphatic rings. The van der Waals surface area contributed by atoms with Crippen LogP contribution in [0.5, 0.6) is 0 Å². The Morgan fingerprint density at radius 3 is 2.17 bits per heavy atom. The zero-order valence-electron chi connectivity index (χ0n) is 38.2. The van der Waals surface area contributed by atoms with Crippen LogP contribution in [0, 0.1) is 17.8 Å². The van der Waals surface area contributed by atoms with E-state index in [9.17, 15) is 0 Å². The molecule has 0 spiro atoms. The molecule has 6 aromatic carbocycles. The van der Waals surface area contributed by atoms with Gasteiger partial charge in [0.25, 0.3) is 0 Å². The first-order valence-corrected chi connectivity index (χ1v) is 23.0. The Kier molecular flexibility index (Phi) is 11.7. The summed E-state index contributed by atoms with van der Waals surface area (Å²) >= 11 is 0. The summed E-state index contributed by atoms with van der Waals surface area (Å²) in [5, 5.41) is 15.5. The van der Waals surface area contributed by atoms with Gasteiger partial charge < -0.3 is 19.7 Å². The Hall–Kier alpha value is -9.52. The van der Waals surface area contributed by atoms with Gasteiger partial charge in [0.2, 0.25) is 0 Å². The topological polar surface area (TPSA) is 118 Å². The average Bonchev–Trinajstić information content (AvgIpc) is 3.96. The molecule has 11 aromatic rings. The second-order valence-electron chi connectivity index (χ2n) is 16.9. The predicted molar refractivity (Wildman–Crippen MR) is 287 cm³/mol. The van der Waals surface area contributed by atoms with E-state index in [0.717, 1.165) is 116 Å². The van der Waals surface area contributed by atoms with Gasteiger partial charge in [-0.2, -0.15) is 0 Å². The monoisotopic (exact) mass is 904 g/mol. The van der Waals surface area contributed by atoms with E-state index in [4.69, 9.17) is 26.2 Å². The van der Waals surface area contributed by atoms with Crippen LogP contribution < -0.4 is 5.32 Å². The van der Waals surface area contributed by atoms with Crippen molar-refractivity contribution in [3.05, 3.63) is 212 Å². The van der Waals surface area contributed by atoms with Gasteiger partial charge in [-0.25, -0.2) is 9.97 Å². The van der Waals surface area contributed by atoms with Gasteiger partial charge in [-0.3, -0.25) is 15.0 Å². The molecular weight excluding hydrogens is 861 g/mol. The Bertz CT molecular complexity index is 3880. The van der Waals surface area contributed by atoms with Gasteiger partial charge in [0.1, 0.15) is 11.2 Å². The molecule has 0 bridgehead atoms. The summed E-state index contributed by atoms with van der Waals surface area (Å²) in [5.74, 6) is 3.27. The van der Waals surface area contributed by atoms with Crippen molar-refractivity contribution in [3.8, 4) is 62.9 Å². The number of rotatable bonds is 13. The highest BCUT2D eigenvalue weighted by molar-refractivity contribution is 6.15. The lowest BCUT2D eigenvalue weighted by atomic mass is 9.96. The van der Waals surface area contributed by atoms with Crippen molar-refractivity contribution in [2.45, 2.75) is 19.9 Å². The van der Waals surface area contributed by atoms with Gasteiger partial charge in [0.05, 0.1) is 16.7 Å². The Balaban J connectivity index is 1.14. The molecule has 0 saturated heterocycles. The van der Waals surface area contributed by atoms with Gasteiger partial charge in [-0.1, -0.05) is 78.9 Å². The molecule has 70 heavy (non-hydrogen) atoms. The molecule has 0 radical (unpaired) electrons. The third kappa shape index (κ3) is 8.31. The third-order valence-electron chi connectivity index (χ3n) is 12.5. The van der Waals surface area contributed by atoms with Crippen molar-refractivity contribution >= 4 is 67.4 Å². The molecule has 0 atom stereocenters.